The fraction of sp³-hybridized carbons (Fsp3) is 0.905. The Labute approximate surface area is 323 Å². The van der Waals surface area contributed by atoms with E-state index in [1.165, 1.54) is 89.9 Å². The Morgan fingerprint density at radius 1 is 0.585 bits per heavy atom. The Bertz CT molecular complexity index is 922. The number of allylic oxidation sites excluding steroid dienone is 1. The van der Waals surface area contributed by atoms with Gasteiger partial charge >= 0.3 is 19.8 Å². The zero-order valence-electron chi connectivity index (χ0n) is 34.1. The van der Waals surface area contributed by atoms with Gasteiger partial charge in [0.2, 0.25) is 0 Å². The van der Waals surface area contributed by atoms with E-state index in [0.29, 0.717) is 25.7 Å². The van der Waals surface area contributed by atoms with E-state index in [2.05, 4.69) is 31.4 Å². The quantitative estimate of drug-likeness (QED) is 0.0205. The number of phosphoric ester groups is 1. The number of aliphatic hydroxyl groups is 2. The molecule has 0 unspecified atom stereocenters. The first-order chi connectivity index (χ1) is 25.4. The van der Waals surface area contributed by atoms with Crippen LogP contribution in [0.1, 0.15) is 207 Å². The smallest absolute Gasteiger partial charge is 0.462 e. The molecule has 11 heteroatoms. The molecule has 10 nitrogen and oxygen atoms in total. The van der Waals surface area contributed by atoms with Crippen molar-refractivity contribution in [3.05, 3.63) is 12.2 Å². The topological polar surface area (TPSA) is 160 Å². The molecule has 4 N–H and O–H groups in total. The van der Waals surface area contributed by atoms with Gasteiger partial charge in [0.1, 0.15) is 6.61 Å². The third-order valence-corrected chi connectivity index (χ3v) is 10.1. The highest BCUT2D eigenvalue weighted by Gasteiger charge is 2.23. The summed E-state index contributed by atoms with van der Waals surface area (Å²) in [6.07, 6.45) is 31.0. The lowest BCUT2D eigenvalue weighted by molar-refractivity contribution is -0.161. The summed E-state index contributed by atoms with van der Waals surface area (Å²) in [7, 11) is -4.79. The van der Waals surface area contributed by atoms with Crippen LogP contribution < -0.4 is 0 Å². The van der Waals surface area contributed by atoms with Crippen LogP contribution in [-0.2, 0) is 28.2 Å². The van der Waals surface area contributed by atoms with Gasteiger partial charge in [-0.1, -0.05) is 168 Å². The maximum atomic E-state index is 12.4. The third kappa shape index (κ3) is 38.8. The molecule has 0 aliphatic heterocycles. The van der Waals surface area contributed by atoms with E-state index in [9.17, 15) is 24.4 Å². The van der Waals surface area contributed by atoms with E-state index < -0.39 is 44.7 Å². The molecule has 0 heterocycles. The van der Waals surface area contributed by atoms with Crippen LogP contribution in [0.3, 0.4) is 0 Å². The van der Waals surface area contributed by atoms with Crippen LogP contribution in [0.15, 0.2) is 12.2 Å². The van der Waals surface area contributed by atoms with Crippen LogP contribution in [0.4, 0.5) is 0 Å². The molecule has 0 fully saturated rings. The fourth-order valence-corrected chi connectivity index (χ4v) is 6.65. The summed E-state index contributed by atoms with van der Waals surface area (Å²) in [5.74, 6) is -0.160. The van der Waals surface area contributed by atoms with Crippen LogP contribution in [0.25, 0.3) is 0 Å². The van der Waals surface area contributed by atoms with Gasteiger partial charge in [0.05, 0.1) is 18.8 Å². The van der Waals surface area contributed by atoms with Crippen LogP contribution in [-0.4, -0.2) is 63.5 Å². The van der Waals surface area contributed by atoms with Crippen molar-refractivity contribution in [2.24, 2.45) is 5.92 Å². The third-order valence-electron chi connectivity index (χ3n) is 9.66. The first kappa shape index (κ1) is 51.7. The molecule has 0 saturated heterocycles. The normalized spacial score (nSPS) is 13.8. The number of carbonyl (C=O) groups excluding carboxylic acids is 2. The molecular weight excluding hydrogens is 695 g/mol. The molecule has 0 aliphatic rings. The summed E-state index contributed by atoms with van der Waals surface area (Å²) in [6, 6.07) is 0. The Balaban J connectivity index is 3.99. The molecule has 3 atom stereocenters. The SMILES string of the molecule is CCCCC/C=C\C[C@@H](O)[C@H](O)CCCCCCCC(=O)OC[C@H](COP(=O)(O)O)OC(=O)CCCCCCCCCCCCCCCCCC(C)C. The zero-order chi connectivity index (χ0) is 39.4. The Hall–Kier alpha value is -1.29. The number of hydrogen-bond donors (Lipinski definition) is 4. The largest absolute Gasteiger partial charge is 0.469 e. The van der Waals surface area contributed by atoms with Crippen molar-refractivity contribution in [1.29, 1.82) is 0 Å². The van der Waals surface area contributed by atoms with E-state index >= 15 is 0 Å². The van der Waals surface area contributed by atoms with Crippen LogP contribution in [0.5, 0.6) is 0 Å². The molecule has 0 radical (unpaired) electrons. The van der Waals surface area contributed by atoms with E-state index in [0.717, 1.165) is 63.7 Å². The fourth-order valence-electron chi connectivity index (χ4n) is 6.29. The van der Waals surface area contributed by atoms with Gasteiger partial charge in [-0.2, -0.15) is 0 Å². The summed E-state index contributed by atoms with van der Waals surface area (Å²) in [6.45, 7) is 5.85. The lowest BCUT2D eigenvalue weighted by Crippen LogP contribution is -2.29. The van der Waals surface area contributed by atoms with Gasteiger partial charge < -0.3 is 29.5 Å². The number of esters is 2. The van der Waals surface area contributed by atoms with Crippen LogP contribution >= 0.6 is 7.82 Å². The second kappa shape index (κ2) is 36.4. The van der Waals surface area contributed by atoms with Gasteiger partial charge in [-0.3, -0.25) is 14.1 Å². The van der Waals surface area contributed by atoms with E-state index in [-0.39, 0.29) is 19.4 Å². The number of ether oxygens (including phenoxy) is 2. The Kier molecular flexibility index (Phi) is 35.5. The molecule has 0 amide bonds. The second-order valence-electron chi connectivity index (χ2n) is 15.5. The zero-order valence-corrected chi connectivity index (χ0v) is 35.0. The van der Waals surface area contributed by atoms with Crippen molar-refractivity contribution in [3.8, 4) is 0 Å². The molecule has 53 heavy (non-hydrogen) atoms. The van der Waals surface area contributed by atoms with Crippen molar-refractivity contribution in [1.82, 2.24) is 0 Å². The number of carbonyl (C=O) groups is 2. The van der Waals surface area contributed by atoms with Crippen molar-refractivity contribution in [2.45, 2.75) is 225 Å². The number of phosphoric acid groups is 1. The van der Waals surface area contributed by atoms with Crippen molar-refractivity contribution >= 4 is 19.8 Å². The predicted molar refractivity (Wildman–Crippen MR) is 214 cm³/mol. The highest BCUT2D eigenvalue weighted by Crippen LogP contribution is 2.36. The maximum Gasteiger partial charge on any atom is 0.469 e. The average molecular weight is 777 g/mol. The Morgan fingerprint density at radius 3 is 1.55 bits per heavy atom. The van der Waals surface area contributed by atoms with Gasteiger partial charge in [0, 0.05) is 12.8 Å². The van der Waals surface area contributed by atoms with E-state index in [1.54, 1.807) is 0 Å². The van der Waals surface area contributed by atoms with Gasteiger partial charge in [0.15, 0.2) is 6.10 Å². The summed E-state index contributed by atoms with van der Waals surface area (Å²) in [5.41, 5.74) is 0. The second-order valence-corrected chi connectivity index (χ2v) is 16.7. The van der Waals surface area contributed by atoms with Gasteiger partial charge in [-0.05, 0) is 44.4 Å². The summed E-state index contributed by atoms with van der Waals surface area (Å²) in [5, 5.41) is 20.3. The number of hydrogen-bond acceptors (Lipinski definition) is 8. The molecule has 0 aromatic heterocycles. The molecule has 0 rings (SSSR count). The molecule has 0 aromatic rings. The minimum Gasteiger partial charge on any atom is -0.462 e. The number of aliphatic hydroxyl groups excluding tert-OH is 2. The average Bonchev–Trinajstić information content (AvgIpc) is 3.11. The van der Waals surface area contributed by atoms with Gasteiger partial charge in [-0.25, -0.2) is 4.57 Å². The van der Waals surface area contributed by atoms with Crippen molar-refractivity contribution in [2.75, 3.05) is 13.2 Å². The lowest BCUT2D eigenvalue weighted by atomic mass is 10.0. The van der Waals surface area contributed by atoms with Crippen molar-refractivity contribution < 1.29 is 48.2 Å². The van der Waals surface area contributed by atoms with E-state index in [1.807, 2.05) is 6.08 Å². The minimum absolute atomic E-state index is 0.171. The molecule has 0 aliphatic carbocycles. The van der Waals surface area contributed by atoms with Crippen LogP contribution in [0, 0.1) is 5.92 Å². The molecule has 0 bridgehead atoms. The van der Waals surface area contributed by atoms with Crippen molar-refractivity contribution in [3.63, 3.8) is 0 Å². The molecule has 314 valence electrons. The lowest BCUT2D eigenvalue weighted by Gasteiger charge is -2.18. The minimum atomic E-state index is -4.79. The summed E-state index contributed by atoms with van der Waals surface area (Å²) < 4.78 is 26.3. The highest BCUT2D eigenvalue weighted by molar-refractivity contribution is 7.46. The Morgan fingerprint density at radius 2 is 1.06 bits per heavy atom. The molecule has 0 spiro atoms. The standard InChI is InChI=1S/C42H81O10P/c1-4-5-6-7-21-26-31-39(43)40(44)32-27-22-19-24-28-33-41(45)50-35-38(36-51-53(47,48)49)52-42(46)34-29-23-18-16-14-12-10-8-9-11-13-15-17-20-25-30-37(2)3/h21,26,37-40,43-44H,4-20,22-25,27-36H2,1-3H3,(H2,47,48,49)/b26-21-/t38-,39-,40-/m1/s1. The van der Waals surface area contributed by atoms with Gasteiger partial charge in [0.25, 0.3) is 0 Å². The molecular formula is C42H81O10P. The van der Waals surface area contributed by atoms with E-state index in [4.69, 9.17) is 19.3 Å². The number of unbranched alkanes of at least 4 members (excludes halogenated alkanes) is 21. The number of rotatable bonds is 39. The summed E-state index contributed by atoms with van der Waals surface area (Å²) in [4.78, 5) is 42.9. The monoisotopic (exact) mass is 777 g/mol. The highest BCUT2D eigenvalue weighted by atomic mass is 31.2. The summed E-state index contributed by atoms with van der Waals surface area (Å²) >= 11 is 0. The molecule has 0 aromatic carbocycles. The maximum absolute atomic E-state index is 12.4. The van der Waals surface area contributed by atoms with Gasteiger partial charge in [-0.15, -0.1) is 0 Å². The molecule has 0 saturated carbocycles. The first-order valence-corrected chi connectivity index (χ1v) is 23.0. The van der Waals surface area contributed by atoms with Crippen LogP contribution in [0.2, 0.25) is 0 Å². The first-order valence-electron chi connectivity index (χ1n) is 21.5. The predicted octanol–water partition coefficient (Wildman–Crippen LogP) is 10.8.